The molecule has 3 aromatic rings. The highest BCUT2D eigenvalue weighted by Gasteiger charge is 2.07. The maximum Gasteiger partial charge on any atom is 0.172 e. The molecule has 0 bridgehead atoms. The SMILES string of the molecule is Cc1ccc2nc(SCCCC(=O)c3cccs3)[nH]c2c1. The molecule has 0 unspecified atom stereocenters. The van der Waals surface area contributed by atoms with Crippen molar-refractivity contribution in [2.75, 3.05) is 5.75 Å². The third-order valence-electron chi connectivity index (χ3n) is 3.20. The van der Waals surface area contributed by atoms with E-state index in [2.05, 4.69) is 29.0 Å². The number of hydrogen-bond donors (Lipinski definition) is 1. The number of Topliss-reactive ketones (excluding diaryl/α,β-unsaturated/α-hetero) is 1. The summed E-state index contributed by atoms with van der Waals surface area (Å²) in [4.78, 5) is 20.6. The van der Waals surface area contributed by atoms with Gasteiger partial charge >= 0.3 is 0 Å². The minimum absolute atomic E-state index is 0.242. The molecule has 0 atom stereocenters. The van der Waals surface area contributed by atoms with Gasteiger partial charge in [0.25, 0.3) is 0 Å². The standard InChI is InChI=1S/C16H16N2OS2/c1-11-6-7-12-13(10-11)18-16(17-12)21-9-2-4-14(19)15-5-3-8-20-15/h3,5-8,10H,2,4,9H2,1H3,(H,17,18). The lowest BCUT2D eigenvalue weighted by molar-refractivity contribution is 0.0986. The first-order valence-electron chi connectivity index (χ1n) is 6.88. The molecule has 2 heterocycles. The molecule has 108 valence electrons. The van der Waals surface area contributed by atoms with Gasteiger partial charge in [0.2, 0.25) is 0 Å². The van der Waals surface area contributed by atoms with Gasteiger partial charge in [-0.05, 0) is 42.5 Å². The Morgan fingerprint density at radius 1 is 1.38 bits per heavy atom. The van der Waals surface area contributed by atoms with Crippen LogP contribution in [0.1, 0.15) is 28.1 Å². The molecule has 3 nitrogen and oxygen atoms in total. The highest BCUT2D eigenvalue weighted by molar-refractivity contribution is 7.99. The Labute approximate surface area is 131 Å². The number of aromatic amines is 1. The van der Waals surface area contributed by atoms with Crippen molar-refractivity contribution in [3.05, 3.63) is 46.2 Å². The van der Waals surface area contributed by atoms with Crippen LogP contribution in [0.15, 0.2) is 40.9 Å². The number of carbonyl (C=O) groups excluding carboxylic acids is 1. The van der Waals surface area contributed by atoms with Crippen molar-refractivity contribution >= 4 is 39.9 Å². The Balaban J connectivity index is 1.51. The first-order chi connectivity index (χ1) is 10.2. The summed E-state index contributed by atoms with van der Waals surface area (Å²) in [6, 6.07) is 10.0. The number of nitrogens with one attached hydrogen (secondary N) is 1. The Kier molecular flexibility index (Phi) is 4.41. The molecule has 0 amide bonds. The highest BCUT2D eigenvalue weighted by atomic mass is 32.2. The van der Waals surface area contributed by atoms with E-state index in [1.807, 2.05) is 23.6 Å². The van der Waals surface area contributed by atoms with Crippen LogP contribution in [0.3, 0.4) is 0 Å². The number of benzene rings is 1. The van der Waals surface area contributed by atoms with Crippen molar-refractivity contribution in [1.82, 2.24) is 9.97 Å². The molecule has 2 aromatic heterocycles. The lowest BCUT2D eigenvalue weighted by Crippen LogP contribution is -1.96. The molecular formula is C16H16N2OS2. The van der Waals surface area contributed by atoms with Gasteiger partial charge in [0, 0.05) is 12.2 Å². The predicted molar refractivity (Wildman–Crippen MR) is 89.4 cm³/mol. The van der Waals surface area contributed by atoms with Gasteiger partial charge in [0.05, 0.1) is 15.9 Å². The number of ketones is 1. The number of carbonyl (C=O) groups is 1. The number of nitrogens with zero attached hydrogens (tertiary/aromatic N) is 1. The van der Waals surface area contributed by atoms with Gasteiger partial charge in [0.1, 0.15) is 0 Å². The number of thiophene rings is 1. The molecule has 0 aliphatic rings. The average Bonchev–Trinajstić information content (AvgIpc) is 3.11. The molecule has 0 radical (unpaired) electrons. The molecule has 21 heavy (non-hydrogen) atoms. The van der Waals surface area contributed by atoms with Crippen LogP contribution in [-0.4, -0.2) is 21.5 Å². The van der Waals surface area contributed by atoms with Gasteiger partial charge in [-0.1, -0.05) is 23.9 Å². The minimum atomic E-state index is 0.242. The summed E-state index contributed by atoms with van der Waals surface area (Å²) in [6.45, 7) is 2.07. The largest absolute Gasteiger partial charge is 0.333 e. The summed E-state index contributed by atoms with van der Waals surface area (Å²) in [5.41, 5.74) is 3.30. The fraction of sp³-hybridized carbons (Fsp3) is 0.250. The first-order valence-corrected chi connectivity index (χ1v) is 8.75. The first kappa shape index (κ1) is 14.4. The predicted octanol–water partition coefficient (Wildman–Crippen LogP) is 4.69. The van der Waals surface area contributed by atoms with Gasteiger partial charge < -0.3 is 4.98 Å². The Morgan fingerprint density at radius 2 is 2.29 bits per heavy atom. The maximum absolute atomic E-state index is 11.9. The van der Waals surface area contributed by atoms with E-state index in [-0.39, 0.29) is 5.78 Å². The van der Waals surface area contributed by atoms with Crippen LogP contribution < -0.4 is 0 Å². The van der Waals surface area contributed by atoms with Crippen molar-refractivity contribution in [2.45, 2.75) is 24.9 Å². The van der Waals surface area contributed by atoms with Gasteiger partial charge in [-0.2, -0.15) is 0 Å². The normalized spacial score (nSPS) is 11.1. The summed E-state index contributed by atoms with van der Waals surface area (Å²) in [5.74, 6) is 1.14. The van der Waals surface area contributed by atoms with E-state index in [1.165, 1.54) is 16.9 Å². The van der Waals surface area contributed by atoms with E-state index in [9.17, 15) is 4.79 Å². The lowest BCUT2D eigenvalue weighted by atomic mass is 10.2. The topological polar surface area (TPSA) is 45.8 Å². The third kappa shape index (κ3) is 3.54. The second-order valence-electron chi connectivity index (χ2n) is 4.92. The molecule has 0 fully saturated rings. The molecule has 0 aliphatic heterocycles. The molecular weight excluding hydrogens is 300 g/mol. The number of imidazole rings is 1. The number of thioether (sulfide) groups is 1. The van der Waals surface area contributed by atoms with Crippen molar-refractivity contribution in [1.29, 1.82) is 0 Å². The zero-order chi connectivity index (χ0) is 14.7. The highest BCUT2D eigenvalue weighted by Crippen LogP contribution is 2.22. The van der Waals surface area contributed by atoms with Crippen LogP contribution >= 0.6 is 23.1 Å². The van der Waals surface area contributed by atoms with E-state index >= 15 is 0 Å². The number of fused-ring (bicyclic) bond motifs is 1. The van der Waals surface area contributed by atoms with Gasteiger partial charge in [0.15, 0.2) is 10.9 Å². The fourth-order valence-electron chi connectivity index (χ4n) is 2.13. The average molecular weight is 316 g/mol. The van der Waals surface area contributed by atoms with Crippen LogP contribution in [0.25, 0.3) is 11.0 Å². The lowest BCUT2D eigenvalue weighted by Gasteiger charge is -1.98. The molecule has 0 spiro atoms. The number of aryl methyl sites for hydroxylation is 1. The second kappa shape index (κ2) is 6.45. The Morgan fingerprint density at radius 3 is 3.10 bits per heavy atom. The van der Waals surface area contributed by atoms with E-state index < -0.39 is 0 Å². The van der Waals surface area contributed by atoms with Crippen LogP contribution in [0.4, 0.5) is 0 Å². The van der Waals surface area contributed by atoms with E-state index in [1.54, 1.807) is 11.8 Å². The smallest absolute Gasteiger partial charge is 0.172 e. The summed E-state index contributed by atoms with van der Waals surface area (Å²) in [7, 11) is 0. The zero-order valence-electron chi connectivity index (χ0n) is 11.8. The number of aromatic nitrogens is 2. The van der Waals surface area contributed by atoms with Crippen LogP contribution in [0.5, 0.6) is 0 Å². The third-order valence-corrected chi connectivity index (χ3v) is 5.07. The van der Waals surface area contributed by atoms with Crippen molar-refractivity contribution in [3.63, 3.8) is 0 Å². The van der Waals surface area contributed by atoms with Gasteiger partial charge in [-0.25, -0.2) is 4.98 Å². The second-order valence-corrected chi connectivity index (χ2v) is 6.95. The summed E-state index contributed by atoms with van der Waals surface area (Å²) < 4.78 is 0. The van der Waals surface area contributed by atoms with E-state index in [0.717, 1.165) is 33.2 Å². The summed E-state index contributed by atoms with van der Waals surface area (Å²) >= 11 is 3.19. The van der Waals surface area contributed by atoms with Gasteiger partial charge in [-0.15, -0.1) is 11.3 Å². The van der Waals surface area contributed by atoms with Crippen LogP contribution in [0.2, 0.25) is 0 Å². The van der Waals surface area contributed by atoms with Crippen molar-refractivity contribution < 1.29 is 4.79 Å². The minimum Gasteiger partial charge on any atom is -0.333 e. The monoisotopic (exact) mass is 316 g/mol. The van der Waals surface area contributed by atoms with Crippen molar-refractivity contribution in [3.8, 4) is 0 Å². The van der Waals surface area contributed by atoms with Crippen molar-refractivity contribution in [2.24, 2.45) is 0 Å². The van der Waals surface area contributed by atoms with E-state index in [0.29, 0.717) is 6.42 Å². The number of rotatable bonds is 6. The quantitative estimate of drug-likeness (QED) is 0.408. The number of hydrogen-bond acceptors (Lipinski definition) is 4. The van der Waals surface area contributed by atoms with Crippen LogP contribution in [0, 0.1) is 6.92 Å². The van der Waals surface area contributed by atoms with Gasteiger partial charge in [-0.3, -0.25) is 4.79 Å². The summed E-state index contributed by atoms with van der Waals surface area (Å²) in [6.07, 6.45) is 1.48. The molecule has 0 saturated carbocycles. The molecule has 3 rings (SSSR count). The number of H-pyrrole nitrogens is 1. The van der Waals surface area contributed by atoms with E-state index in [4.69, 9.17) is 0 Å². The summed E-state index contributed by atoms with van der Waals surface area (Å²) in [5, 5.41) is 2.87. The molecule has 1 aromatic carbocycles. The maximum atomic E-state index is 11.9. The van der Waals surface area contributed by atoms with Crippen LogP contribution in [-0.2, 0) is 0 Å². The Hall–Kier alpha value is -1.59. The Bertz CT molecular complexity index is 747. The molecule has 0 saturated heterocycles. The zero-order valence-corrected chi connectivity index (χ0v) is 13.4. The molecule has 5 heteroatoms. The fourth-order valence-corrected chi connectivity index (χ4v) is 3.65. The molecule has 0 aliphatic carbocycles. The molecule has 1 N–H and O–H groups in total.